The van der Waals surface area contributed by atoms with Gasteiger partial charge >= 0.3 is 0 Å². The fraction of sp³-hybridized carbons (Fsp3) is 0.350. The molecule has 1 aliphatic heterocycles. The van der Waals surface area contributed by atoms with Crippen molar-refractivity contribution in [3.8, 4) is 0 Å². The van der Waals surface area contributed by atoms with E-state index in [0.717, 1.165) is 37.3 Å². The number of halogens is 2. The predicted octanol–water partition coefficient (Wildman–Crippen LogP) is 3.44. The zero-order chi connectivity index (χ0) is 16.8. The molecule has 1 atom stereocenters. The van der Waals surface area contributed by atoms with Gasteiger partial charge in [0.1, 0.15) is 0 Å². The van der Waals surface area contributed by atoms with Crippen molar-refractivity contribution in [2.24, 2.45) is 0 Å². The molecule has 26 heavy (non-hydrogen) atoms. The number of carbonyl (C=O) groups is 1. The van der Waals surface area contributed by atoms with Crippen LogP contribution in [0.5, 0.6) is 0 Å². The molecule has 1 saturated heterocycles. The van der Waals surface area contributed by atoms with E-state index in [4.69, 9.17) is 5.73 Å². The Kier molecular flexibility index (Phi) is 9.49. The van der Waals surface area contributed by atoms with Crippen molar-refractivity contribution in [3.63, 3.8) is 0 Å². The Morgan fingerprint density at radius 3 is 2.42 bits per heavy atom. The molecule has 0 aromatic heterocycles. The van der Waals surface area contributed by atoms with E-state index in [-0.39, 0.29) is 30.7 Å². The number of nitrogens with two attached hydrogens (primary N) is 1. The standard InChI is InChI=1S/C20H25N3O.2ClH/c21-18-10-8-16(9-11-18)13-20(24)22-14-19-7-4-12-23(19)15-17-5-2-1-3-6-17;;/h1-3,5-6,8-11,19H,4,7,12-15,21H2,(H,22,24);2*1H. The number of benzene rings is 2. The number of carbonyl (C=O) groups excluding carboxylic acids is 1. The third kappa shape index (κ3) is 6.52. The third-order valence-electron chi connectivity index (χ3n) is 4.61. The molecule has 4 nitrogen and oxygen atoms in total. The lowest BCUT2D eigenvalue weighted by Gasteiger charge is -2.24. The summed E-state index contributed by atoms with van der Waals surface area (Å²) in [6, 6.07) is 18.4. The molecule has 1 unspecified atom stereocenters. The quantitative estimate of drug-likeness (QED) is 0.736. The number of nitrogens with one attached hydrogen (secondary N) is 1. The van der Waals surface area contributed by atoms with Gasteiger partial charge in [-0.1, -0.05) is 42.5 Å². The molecule has 2 aromatic rings. The number of nitrogen functional groups attached to an aromatic ring is 1. The van der Waals surface area contributed by atoms with Crippen LogP contribution in [-0.4, -0.2) is 29.9 Å². The first kappa shape index (κ1) is 22.3. The van der Waals surface area contributed by atoms with Gasteiger partial charge in [-0.05, 0) is 42.6 Å². The third-order valence-corrected chi connectivity index (χ3v) is 4.61. The number of likely N-dealkylation sites (tertiary alicyclic amines) is 1. The zero-order valence-corrected chi connectivity index (χ0v) is 16.4. The average molecular weight is 396 g/mol. The van der Waals surface area contributed by atoms with E-state index in [1.54, 1.807) is 0 Å². The summed E-state index contributed by atoms with van der Waals surface area (Å²) < 4.78 is 0. The monoisotopic (exact) mass is 395 g/mol. The van der Waals surface area contributed by atoms with Crippen LogP contribution in [0.25, 0.3) is 0 Å². The molecular weight excluding hydrogens is 369 g/mol. The molecule has 1 amide bonds. The molecule has 142 valence electrons. The van der Waals surface area contributed by atoms with Crippen LogP contribution >= 0.6 is 24.8 Å². The van der Waals surface area contributed by atoms with Crippen LogP contribution in [0.4, 0.5) is 5.69 Å². The van der Waals surface area contributed by atoms with Crippen LogP contribution in [-0.2, 0) is 17.8 Å². The van der Waals surface area contributed by atoms with Gasteiger partial charge in [-0.15, -0.1) is 24.8 Å². The molecule has 6 heteroatoms. The van der Waals surface area contributed by atoms with E-state index in [0.29, 0.717) is 12.5 Å². The molecule has 3 rings (SSSR count). The van der Waals surface area contributed by atoms with E-state index in [2.05, 4.69) is 34.5 Å². The average Bonchev–Trinajstić information content (AvgIpc) is 3.03. The van der Waals surface area contributed by atoms with Gasteiger partial charge in [0.15, 0.2) is 0 Å². The van der Waals surface area contributed by atoms with Crippen molar-refractivity contribution in [3.05, 3.63) is 65.7 Å². The van der Waals surface area contributed by atoms with Crippen molar-refractivity contribution < 1.29 is 4.79 Å². The van der Waals surface area contributed by atoms with Gasteiger partial charge in [0.05, 0.1) is 6.42 Å². The predicted molar refractivity (Wildman–Crippen MR) is 112 cm³/mol. The van der Waals surface area contributed by atoms with Gasteiger partial charge in [0.25, 0.3) is 0 Å². The molecule has 0 spiro atoms. The van der Waals surface area contributed by atoms with Crippen molar-refractivity contribution in [2.75, 3.05) is 18.8 Å². The summed E-state index contributed by atoms with van der Waals surface area (Å²) >= 11 is 0. The smallest absolute Gasteiger partial charge is 0.224 e. The summed E-state index contributed by atoms with van der Waals surface area (Å²) in [6.45, 7) is 2.79. The Labute approximate surface area is 168 Å². The Bertz CT molecular complexity index is 665. The van der Waals surface area contributed by atoms with E-state index >= 15 is 0 Å². The summed E-state index contributed by atoms with van der Waals surface area (Å²) in [6.07, 6.45) is 2.76. The van der Waals surface area contributed by atoms with Crippen LogP contribution in [0.3, 0.4) is 0 Å². The number of rotatable bonds is 6. The summed E-state index contributed by atoms with van der Waals surface area (Å²) in [5.41, 5.74) is 8.72. The van der Waals surface area contributed by atoms with E-state index in [1.807, 2.05) is 30.3 Å². The first-order valence-corrected chi connectivity index (χ1v) is 8.60. The van der Waals surface area contributed by atoms with Gasteiger partial charge < -0.3 is 11.1 Å². The number of anilines is 1. The molecule has 1 fully saturated rings. The highest BCUT2D eigenvalue weighted by Gasteiger charge is 2.24. The Hall–Kier alpha value is -1.75. The summed E-state index contributed by atoms with van der Waals surface area (Å²) in [5.74, 6) is 0.0753. The fourth-order valence-electron chi connectivity index (χ4n) is 3.27. The topological polar surface area (TPSA) is 58.4 Å². The highest BCUT2D eigenvalue weighted by molar-refractivity contribution is 5.85. The van der Waals surface area contributed by atoms with Crippen molar-refractivity contribution in [1.29, 1.82) is 0 Å². The minimum absolute atomic E-state index is 0. The normalized spacial score (nSPS) is 16.4. The first-order chi connectivity index (χ1) is 11.7. The number of hydrogen-bond acceptors (Lipinski definition) is 3. The molecule has 0 radical (unpaired) electrons. The summed E-state index contributed by atoms with van der Waals surface area (Å²) in [4.78, 5) is 14.6. The SMILES string of the molecule is Cl.Cl.Nc1ccc(CC(=O)NCC2CCCN2Cc2ccccc2)cc1. The lowest BCUT2D eigenvalue weighted by atomic mass is 10.1. The first-order valence-electron chi connectivity index (χ1n) is 8.60. The lowest BCUT2D eigenvalue weighted by molar-refractivity contribution is -0.120. The number of hydrogen-bond donors (Lipinski definition) is 2. The highest BCUT2D eigenvalue weighted by Crippen LogP contribution is 2.19. The fourth-order valence-corrected chi connectivity index (χ4v) is 3.27. The molecular formula is C20H27Cl2N3O. The lowest BCUT2D eigenvalue weighted by Crippen LogP contribution is -2.40. The minimum atomic E-state index is 0. The van der Waals surface area contributed by atoms with Gasteiger partial charge in [-0.3, -0.25) is 9.69 Å². The van der Waals surface area contributed by atoms with Crippen LogP contribution in [0, 0.1) is 0 Å². The molecule has 0 aliphatic carbocycles. The maximum Gasteiger partial charge on any atom is 0.224 e. The summed E-state index contributed by atoms with van der Waals surface area (Å²) in [7, 11) is 0. The second-order valence-electron chi connectivity index (χ2n) is 6.47. The molecule has 2 aromatic carbocycles. The zero-order valence-electron chi connectivity index (χ0n) is 14.8. The van der Waals surface area contributed by atoms with Crippen molar-refractivity contribution in [2.45, 2.75) is 31.8 Å². The second kappa shape index (κ2) is 11.1. The van der Waals surface area contributed by atoms with Crippen molar-refractivity contribution in [1.82, 2.24) is 10.2 Å². The Morgan fingerprint density at radius 2 is 1.73 bits per heavy atom. The van der Waals surface area contributed by atoms with E-state index in [1.165, 1.54) is 12.0 Å². The number of nitrogens with zero attached hydrogens (tertiary/aromatic N) is 1. The molecule has 1 heterocycles. The van der Waals surface area contributed by atoms with Crippen LogP contribution < -0.4 is 11.1 Å². The van der Waals surface area contributed by atoms with Gasteiger partial charge in [0.2, 0.25) is 5.91 Å². The van der Waals surface area contributed by atoms with Crippen molar-refractivity contribution >= 4 is 36.4 Å². The maximum absolute atomic E-state index is 12.2. The minimum Gasteiger partial charge on any atom is -0.399 e. The van der Waals surface area contributed by atoms with Gasteiger partial charge in [0, 0.05) is 24.8 Å². The molecule has 0 saturated carbocycles. The summed E-state index contributed by atoms with van der Waals surface area (Å²) in [5, 5.41) is 3.09. The Balaban J connectivity index is 0.00000169. The van der Waals surface area contributed by atoms with E-state index in [9.17, 15) is 4.79 Å². The van der Waals surface area contributed by atoms with Crippen LogP contribution in [0.2, 0.25) is 0 Å². The molecule has 1 aliphatic rings. The second-order valence-corrected chi connectivity index (χ2v) is 6.47. The number of amides is 1. The van der Waals surface area contributed by atoms with Crippen LogP contribution in [0.15, 0.2) is 54.6 Å². The highest BCUT2D eigenvalue weighted by atomic mass is 35.5. The molecule has 3 N–H and O–H groups in total. The van der Waals surface area contributed by atoms with Crippen LogP contribution in [0.1, 0.15) is 24.0 Å². The largest absolute Gasteiger partial charge is 0.399 e. The maximum atomic E-state index is 12.2. The van der Waals surface area contributed by atoms with E-state index < -0.39 is 0 Å². The van der Waals surface area contributed by atoms with Gasteiger partial charge in [-0.25, -0.2) is 0 Å². The van der Waals surface area contributed by atoms with Gasteiger partial charge in [-0.2, -0.15) is 0 Å². The molecule has 0 bridgehead atoms. The Morgan fingerprint density at radius 1 is 1.04 bits per heavy atom.